The molecular weight excluding hydrogens is 374 g/mol. The summed E-state index contributed by atoms with van der Waals surface area (Å²) in [7, 11) is 0. The van der Waals surface area contributed by atoms with Crippen LogP contribution in [0.15, 0.2) is 47.3 Å². The smallest absolute Gasteiger partial charge is 0.266 e. The zero-order valence-electron chi connectivity index (χ0n) is 18.2. The minimum Gasteiger partial charge on any atom is -0.333 e. The predicted molar refractivity (Wildman–Crippen MR) is 120 cm³/mol. The van der Waals surface area contributed by atoms with E-state index in [2.05, 4.69) is 6.92 Å². The first-order valence-electron chi connectivity index (χ1n) is 10.8. The molecule has 0 bridgehead atoms. The number of amides is 1. The highest BCUT2D eigenvalue weighted by atomic mass is 16.2. The summed E-state index contributed by atoms with van der Waals surface area (Å²) in [5.41, 5.74) is 3.49. The number of fused-ring (bicyclic) bond motifs is 1. The third kappa shape index (κ3) is 3.64. The number of rotatable bonds is 6. The van der Waals surface area contributed by atoms with Crippen molar-refractivity contribution in [3.05, 3.63) is 69.8 Å². The molecule has 1 aromatic heterocycles. The minimum absolute atomic E-state index is 0.0912. The normalized spacial score (nSPS) is 14.7. The van der Waals surface area contributed by atoms with E-state index >= 15 is 0 Å². The second-order valence-corrected chi connectivity index (χ2v) is 8.40. The van der Waals surface area contributed by atoms with Gasteiger partial charge >= 0.3 is 0 Å². The van der Waals surface area contributed by atoms with Gasteiger partial charge in [-0.2, -0.15) is 0 Å². The summed E-state index contributed by atoms with van der Waals surface area (Å²) < 4.78 is 1.72. The zero-order valence-corrected chi connectivity index (χ0v) is 18.2. The number of para-hydroxylation sites is 1. The third-order valence-electron chi connectivity index (χ3n) is 5.92. The van der Waals surface area contributed by atoms with Gasteiger partial charge in [0.25, 0.3) is 5.56 Å². The van der Waals surface area contributed by atoms with Gasteiger partial charge < -0.3 is 4.90 Å². The van der Waals surface area contributed by atoms with Crippen LogP contribution < -0.4 is 5.56 Å². The summed E-state index contributed by atoms with van der Waals surface area (Å²) in [6.45, 7) is 8.75. The topological polar surface area (TPSA) is 55.2 Å². The zero-order chi connectivity index (χ0) is 21.4. The van der Waals surface area contributed by atoms with Gasteiger partial charge in [-0.3, -0.25) is 14.2 Å². The average molecular weight is 404 g/mol. The molecule has 1 atom stereocenters. The van der Waals surface area contributed by atoms with Crippen molar-refractivity contribution in [1.82, 2.24) is 14.5 Å². The fraction of sp³-hybridized carbons (Fsp3) is 0.400. The standard InChI is InChI=1S/C25H29N3O2/c1-5-14-27(24(29)19-12-13-19)18(4)23-26-21-9-7-6-8-20(21)25(30)28(23)22-15-16(2)10-11-17(22)3/h6-11,15,18-19H,5,12-14H2,1-4H3. The van der Waals surface area contributed by atoms with Crippen molar-refractivity contribution in [3.8, 4) is 5.69 Å². The lowest BCUT2D eigenvalue weighted by Gasteiger charge is -2.31. The fourth-order valence-electron chi connectivity index (χ4n) is 4.06. The first-order valence-corrected chi connectivity index (χ1v) is 10.8. The van der Waals surface area contributed by atoms with Gasteiger partial charge in [-0.05, 0) is 69.4 Å². The van der Waals surface area contributed by atoms with E-state index in [1.807, 2.05) is 68.1 Å². The van der Waals surface area contributed by atoms with Crippen molar-refractivity contribution >= 4 is 16.8 Å². The molecule has 1 aliphatic rings. The number of carbonyl (C=O) groups excluding carboxylic acids is 1. The molecule has 30 heavy (non-hydrogen) atoms. The SMILES string of the molecule is CCCN(C(=O)C1CC1)C(C)c1nc2ccccc2c(=O)n1-c1cc(C)ccc1C. The lowest BCUT2D eigenvalue weighted by Crippen LogP contribution is -2.38. The van der Waals surface area contributed by atoms with Gasteiger partial charge in [0.1, 0.15) is 5.82 Å². The van der Waals surface area contributed by atoms with E-state index < -0.39 is 0 Å². The van der Waals surface area contributed by atoms with E-state index in [0.29, 0.717) is 23.3 Å². The molecule has 1 fully saturated rings. The van der Waals surface area contributed by atoms with Crippen LogP contribution in [-0.2, 0) is 4.79 Å². The van der Waals surface area contributed by atoms with Gasteiger partial charge in [0.2, 0.25) is 5.91 Å². The predicted octanol–water partition coefficient (Wildman–Crippen LogP) is 4.71. The number of aryl methyl sites for hydroxylation is 2. The van der Waals surface area contributed by atoms with Crippen molar-refractivity contribution in [1.29, 1.82) is 0 Å². The number of aromatic nitrogens is 2. The number of carbonyl (C=O) groups is 1. The summed E-state index contributed by atoms with van der Waals surface area (Å²) in [4.78, 5) is 33.5. The van der Waals surface area contributed by atoms with Crippen LogP contribution >= 0.6 is 0 Å². The van der Waals surface area contributed by atoms with E-state index in [-0.39, 0.29) is 23.4 Å². The third-order valence-corrected chi connectivity index (χ3v) is 5.92. The minimum atomic E-state index is -0.296. The van der Waals surface area contributed by atoms with Crippen molar-refractivity contribution in [2.75, 3.05) is 6.54 Å². The van der Waals surface area contributed by atoms with Gasteiger partial charge in [0, 0.05) is 12.5 Å². The van der Waals surface area contributed by atoms with Gasteiger partial charge in [-0.15, -0.1) is 0 Å². The molecule has 1 amide bonds. The molecule has 0 radical (unpaired) electrons. The number of hydrogen-bond donors (Lipinski definition) is 0. The highest BCUT2D eigenvalue weighted by molar-refractivity contribution is 5.82. The van der Waals surface area contributed by atoms with Gasteiger partial charge in [0.05, 0.1) is 22.6 Å². The molecule has 0 saturated heterocycles. The van der Waals surface area contributed by atoms with Crippen LogP contribution in [0.25, 0.3) is 16.6 Å². The molecule has 0 N–H and O–H groups in total. The fourth-order valence-corrected chi connectivity index (χ4v) is 4.06. The van der Waals surface area contributed by atoms with E-state index in [4.69, 9.17) is 4.98 Å². The summed E-state index contributed by atoms with van der Waals surface area (Å²) in [6, 6.07) is 13.2. The second kappa shape index (κ2) is 8.05. The maximum absolute atomic E-state index is 13.6. The Hall–Kier alpha value is -2.95. The number of hydrogen-bond acceptors (Lipinski definition) is 3. The van der Waals surface area contributed by atoms with Crippen molar-refractivity contribution < 1.29 is 4.79 Å². The molecular formula is C25H29N3O2. The van der Waals surface area contributed by atoms with Gasteiger partial charge in [-0.25, -0.2) is 4.98 Å². The maximum Gasteiger partial charge on any atom is 0.266 e. The Kier molecular flexibility index (Phi) is 5.46. The average Bonchev–Trinajstić information content (AvgIpc) is 3.58. The van der Waals surface area contributed by atoms with Crippen molar-refractivity contribution in [2.45, 2.75) is 53.0 Å². The lowest BCUT2D eigenvalue weighted by molar-refractivity contribution is -0.135. The summed E-state index contributed by atoms with van der Waals surface area (Å²) >= 11 is 0. The molecule has 1 saturated carbocycles. The Morgan fingerprint density at radius 2 is 1.93 bits per heavy atom. The van der Waals surface area contributed by atoms with Gasteiger partial charge in [-0.1, -0.05) is 31.2 Å². The molecule has 0 aliphatic heterocycles. The lowest BCUT2D eigenvalue weighted by atomic mass is 10.1. The molecule has 156 valence electrons. The Bertz CT molecular complexity index is 1160. The Balaban J connectivity index is 1.96. The summed E-state index contributed by atoms with van der Waals surface area (Å²) in [5, 5.41) is 0.588. The van der Waals surface area contributed by atoms with Crippen LogP contribution in [0.1, 0.15) is 56.1 Å². The molecule has 3 aromatic rings. The molecule has 1 aliphatic carbocycles. The number of nitrogens with zero attached hydrogens (tertiary/aromatic N) is 3. The molecule has 1 unspecified atom stereocenters. The molecule has 5 nitrogen and oxygen atoms in total. The molecule has 1 heterocycles. The van der Waals surface area contributed by atoms with E-state index in [1.54, 1.807) is 4.57 Å². The summed E-state index contributed by atoms with van der Waals surface area (Å²) in [6.07, 6.45) is 2.78. The Morgan fingerprint density at radius 1 is 1.20 bits per heavy atom. The van der Waals surface area contributed by atoms with Crippen molar-refractivity contribution in [3.63, 3.8) is 0 Å². The quantitative estimate of drug-likeness (QED) is 0.599. The molecule has 2 aromatic carbocycles. The van der Waals surface area contributed by atoms with E-state index in [9.17, 15) is 9.59 Å². The van der Waals surface area contributed by atoms with Crippen LogP contribution in [0.4, 0.5) is 0 Å². The van der Waals surface area contributed by atoms with Crippen molar-refractivity contribution in [2.24, 2.45) is 5.92 Å². The van der Waals surface area contributed by atoms with E-state index in [1.165, 1.54) is 0 Å². The Labute approximate surface area is 177 Å². The molecule has 4 rings (SSSR count). The van der Waals surface area contributed by atoms with Crippen LogP contribution in [0.2, 0.25) is 0 Å². The van der Waals surface area contributed by atoms with Crippen LogP contribution in [0.5, 0.6) is 0 Å². The number of benzene rings is 2. The first-order chi connectivity index (χ1) is 14.4. The second-order valence-electron chi connectivity index (χ2n) is 8.40. The Morgan fingerprint density at radius 3 is 2.63 bits per heavy atom. The summed E-state index contributed by atoms with van der Waals surface area (Å²) in [5.74, 6) is 0.925. The van der Waals surface area contributed by atoms with Crippen LogP contribution in [-0.4, -0.2) is 26.9 Å². The maximum atomic E-state index is 13.6. The molecule has 5 heteroatoms. The molecule has 0 spiro atoms. The first kappa shape index (κ1) is 20.3. The highest BCUT2D eigenvalue weighted by Crippen LogP contribution is 2.34. The van der Waals surface area contributed by atoms with Crippen LogP contribution in [0, 0.1) is 19.8 Å². The van der Waals surface area contributed by atoms with Gasteiger partial charge in [0.15, 0.2) is 0 Å². The van der Waals surface area contributed by atoms with E-state index in [0.717, 1.165) is 36.1 Å². The van der Waals surface area contributed by atoms with Crippen LogP contribution in [0.3, 0.4) is 0 Å². The largest absolute Gasteiger partial charge is 0.333 e. The monoisotopic (exact) mass is 403 g/mol. The highest BCUT2D eigenvalue weighted by Gasteiger charge is 2.36.